The molecule has 2 heterocycles. The summed E-state index contributed by atoms with van der Waals surface area (Å²) < 4.78 is 0.496. The molecule has 0 aliphatic carbocycles. The van der Waals surface area contributed by atoms with E-state index in [4.69, 9.17) is 5.53 Å². The molecule has 2 aliphatic heterocycles. The van der Waals surface area contributed by atoms with Gasteiger partial charge in [0.1, 0.15) is 11.8 Å². The van der Waals surface area contributed by atoms with Crippen LogP contribution >= 0.6 is 22.6 Å². The Hall–Kier alpha value is -3.10. The van der Waals surface area contributed by atoms with Crippen molar-refractivity contribution >= 4 is 51.9 Å². The van der Waals surface area contributed by atoms with Gasteiger partial charge in [-0.25, -0.2) is 0 Å². The van der Waals surface area contributed by atoms with Gasteiger partial charge in [-0.2, -0.15) is 0 Å². The number of carbonyl (C=O) groups excluding carboxylic acids is 4. The second-order valence-electron chi connectivity index (χ2n) is 7.87. The molecular weight excluding hydrogens is 559 g/mol. The number of nitrogens with zero attached hydrogens (tertiary/aromatic N) is 4. The summed E-state index contributed by atoms with van der Waals surface area (Å²) in [4.78, 5) is 53.2. The van der Waals surface area contributed by atoms with Crippen molar-refractivity contribution in [2.24, 2.45) is 5.11 Å². The maximum atomic E-state index is 12.5. The Labute approximate surface area is 208 Å². The number of aromatic hydroxyl groups is 1. The van der Waals surface area contributed by atoms with Crippen molar-refractivity contribution in [1.82, 2.24) is 26.2 Å². The van der Waals surface area contributed by atoms with Crippen molar-refractivity contribution in [1.29, 1.82) is 0 Å². The minimum absolute atomic E-state index is 0.0103. The standard InChI is InChI=1S/C20H25IN8O5/c21-12-8-11(16(30)9-15(12)27-28-22)18(32)25-6-5-24-17(31)10-29-7-3-14(20(29)34)26-19(33)13-2-1-4-23-13/h8-9,13-14,23,30H,1-7,10H2,(H,24,31)(H,25,32)(H,26,33)/t13-,14+/m0/s1. The van der Waals surface area contributed by atoms with Crippen LogP contribution in [0.2, 0.25) is 0 Å². The molecule has 2 aliphatic rings. The van der Waals surface area contributed by atoms with Crippen LogP contribution in [0.5, 0.6) is 5.75 Å². The van der Waals surface area contributed by atoms with Crippen molar-refractivity contribution in [2.45, 2.75) is 31.3 Å². The van der Waals surface area contributed by atoms with Crippen LogP contribution in [0.15, 0.2) is 17.2 Å². The Morgan fingerprint density at radius 1 is 1.26 bits per heavy atom. The molecule has 2 atom stereocenters. The molecule has 0 unspecified atom stereocenters. The molecule has 2 saturated heterocycles. The zero-order valence-corrected chi connectivity index (χ0v) is 20.4. The molecule has 4 amide bonds. The zero-order chi connectivity index (χ0) is 24.7. The number of likely N-dealkylation sites (tertiary alicyclic amines) is 1. The fraction of sp³-hybridized carbons (Fsp3) is 0.500. The molecule has 13 nitrogen and oxygen atoms in total. The van der Waals surface area contributed by atoms with Gasteiger partial charge >= 0.3 is 0 Å². The van der Waals surface area contributed by atoms with Crippen LogP contribution in [0.4, 0.5) is 5.69 Å². The van der Waals surface area contributed by atoms with Gasteiger partial charge in [0.25, 0.3) is 5.91 Å². The highest BCUT2D eigenvalue weighted by molar-refractivity contribution is 14.1. The molecule has 0 bridgehead atoms. The van der Waals surface area contributed by atoms with Crippen LogP contribution in [0.25, 0.3) is 10.4 Å². The fourth-order valence-electron chi connectivity index (χ4n) is 3.77. The molecule has 1 aromatic rings. The molecule has 14 heteroatoms. The van der Waals surface area contributed by atoms with Gasteiger partial charge < -0.3 is 31.3 Å². The van der Waals surface area contributed by atoms with E-state index in [0.29, 0.717) is 16.5 Å². The van der Waals surface area contributed by atoms with E-state index in [1.807, 2.05) is 22.6 Å². The number of azide groups is 1. The summed E-state index contributed by atoms with van der Waals surface area (Å²) >= 11 is 1.88. The molecular formula is C20H25IN8O5. The van der Waals surface area contributed by atoms with E-state index in [9.17, 15) is 24.3 Å². The Kier molecular flexibility index (Phi) is 8.90. The van der Waals surface area contributed by atoms with Gasteiger partial charge in [0.15, 0.2) is 0 Å². The molecule has 3 rings (SSSR count). The quantitative estimate of drug-likeness (QED) is 0.0910. The van der Waals surface area contributed by atoms with Crippen molar-refractivity contribution in [3.05, 3.63) is 31.7 Å². The van der Waals surface area contributed by atoms with E-state index < -0.39 is 11.9 Å². The van der Waals surface area contributed by atoms with Crippen molar-refractivity contribution < 1.29 is 24.3 Å². The highest BCUT2D eigenvalue weighted by Crippen LogP contribution is 2.29. The minimum Gasteiger partial charge on any atom is -0.507 e. The first-order chi connectivity index (χ1) is 16.3. The van der Waals surface area contributed by atoms with Crippen LogP contribution in [0, 0.1) is 3.57 Å². The monoisotopic (exact) mass is 584 g/mol. The summed E-state index contributed by atoms with van der Waals surface area (Å²) in [6, 6.07) is 1.70. The largest absolute Gasteiger partial charge is 0.507 e. The number of hydrogen-bond acceptors (Lipinski definition) is 7. The van der Waals surface area contributed by atoms with E-state index in [0.717, 1.165) is 19.4 Å². The van der Waals surface area contributed by atoms with Crippen LogP contribution in [0.3, 0.4) is 0 Å². The molecule has 1 aromatic carbocycles. The summed E-state index contributed by atoms with van der Waals surface area (Å²) in [5.41, 5.74) is 8.73. The molecule has 182 valence electrons. The van der Waals surface area contributed by atoms with E-state index in [1.54, 1.807) is 0 Å². The predicted molar refractivity (Wildman–Crippen MR) is 129 cm³/mol. The number of benzene rings is 1. The lowest BCUT2D eigenvalue weighted by molar-refractivity contribution is -0.135. The summed E-state index contributed by atoms with van der Waals surface area (Å²) in [7, 11) is 0. The maximum Gasteiger partial charge on any atom is 0.255 e. The topological polar surface area (TPSA) is 189 Å². The SMILES string of the molecule is [N-]=[N+]=Nc1cc(O)c(C(=O)NCCNC(=O)CN2CC[C@@H](NC(=O)[C@@H]3CCCN3)C2=O)cc1I. The van der Waals surface area contributed by atoms with Crippen LogP contribution in [0.1, 0.15) is 29.6 Å². The molecule has 2 fully saturated rings. The highest BCUT2D eigenvalue weighted by Gasteiger charge is 2.35. The number of hydrogen-bond donors (Lipinski definition) is 5. The predicted octanol–water partition coefficient (Wildman–Crippen LogP) is 0.254. The average molecular weight is 584 g/mol. The number of phenolic OH excluding ortho intramolecular Hbond substituents is 1. The van der Waals surface area contributed by atoms with Crippen LogP contribution in [-0.2, 0) is 14.4 Å². The first-order valence-corrected chi connectivity index (χ1v) is 11.8. The molecule has 0 aromatic heterocycles. The number of halogens is 1. The first-order valence-electron chi connectivity index (χ1n) is 10.7. The fourth-order valence-corrected chi connectivity index (χ4v) is 4.35. The third-order valence-electron chi connectivity index (χ3n) is 5.52. The third-order valence-corrected chi connectivity index (χ3v) is 6.38. The van der Waals surface area contributed by atoms with E-state index in [-0.39, 0.29) is 60.4 Å². The number of nitrogens with one attached hydrogen (secondary N) is 4. The molecule has 5 N–H and O–H groups in total. The normalized spacial score (nSPS) is 19.4. The number of carbonyl (C=O) groups is 4. The average Bonchev–Trinajstić information content (AvgIpc) is 3.45. The third kappa shape index (κ3) is 6.48. The number of amides is 4. The van der Waals surface area contributed by atoms with E-state index in [1.165, 1.54) is 17.0 Å². The van der Waals surface area contributed by atoms with Gasteiger partial charge in [-0.3, -0.25) is 19.2 Å². The van der Waals surface area contributed by atoms with Crippen LogP contribution in [-0.4, -0.2) is 78.4 Å². The zero-order valence-electron chi connectivity index (χ0n) is 18.2. The first kappa shape index (κ1) is 25.5. The maximum absolute atomic E-state index is 12.5. The van der Waals surface area contributed by atoms with Crippen molar-refractivity contribution in [2.75, 3.05) is 32.7 Å². The van der Waals surface area contributed by atoms with Crippen molar-refractivity contribution in [3.8, 4) is 5.75 Å². The smallest absolute Gasteiger partial charge is 0.255 e. The number of rotatable bonds is 9. The number of phenols is 1. The van der Waals surface area contributed by atoms with Gasteiger partial charge in [-0.15, -0.1) is 0 Å². The van der Waals surface area contributed by atoms with Gasteiger partial charge in [0.05, 0.1) is 23.8 Å². The summed E-state index contributed by atoms with van der Waals surface area (Å²) in [6.07, 6.45) is 2.12. The summed E-state index contributed by atoms with van der Waals surface area (Å²) in [5, 5.41) is 24.5. The molecule has 0 spiro atoms. The van der Waals surface area contributed by atoms with Gasteiger partial charge in [-0.05, 0) is 66.1 Å². The second-order valence-corrected chi connectivity index (χ2v) is 9.04. The van der Waals surface area contributed by atoms with E-state index >= 15 is 0 Å². The summed E-state index contributed by atoms with van der Waals surface area (Å²) in [6.45, 7) is 1.23. The minimum atomic E-state index is -0.623. The highest BCUT2D eigenvalue weighted by atomic mass is 127. The van der Waals surface area contributed by atoms with E-state index in [2.05, 4.69) is 31.3 Å². The van der Waals surface area contributed by atoms with Gasteiger partial charge in [-0.1, -0.05) is 5.11 Å². The lowest BCUT2D eigenvalue weighted by Gasteiger charge is -2.18. The Morgan fingerprint density at radius 3 is 2.74 bits per heavy atom. The summed E-state index contributed by atoms with van der Waals surface area (Å²) in [5.74, 6) is -1.75. The Bertz CT molecular complexity index is 1020. The molecule has 34 heavy (non-hydrogen) atoms. The lowest BCUT2D eigenvalue weighted by Crippen LogP contribution is -2.49. The van der Waals surface area contributed by atoms with Gasteiger partial charge in [0.2, 0.25) is 17.7 Å². The molecule has 0 radical (unpaired) electrons. The molecule has 0 saturated carbocycles. The second kappa shape index (κ2) is 11.9. The van der Waals surface area contributed by atoms with Crippen molar-refractivity contribution in [3.63, 3.8) is 0 Å². The Morgan fingerprint density at radius 2 is 2.03 bits per heavy atom. The van der Waals surface area contributed by atoms with Crippen LogP contribution < -0.4 is 21.3 Å². The lowest BCUT2D eigenvalue weighted by atomic mass is 10.1. The Balaban J connectivity index is 1.39. The van der Waals surface area contributed by atoms with Gasteiger partial charge in [0, 0.05) is 28.1 Å².